The summed E-state index contributed by atoms with van der Waals surface area (Å²) in [5.74, 6) is 3.35. The second-order valence-electron chi connectivity index (χ2n) is 7.25. The van der Waals surface area contributed by atoms with E-state index in [9.17, 15) is 4.79 Å². The van der Waals surface area contributed by atoms with Gasteiger partial charge < -0.3 is 19.5 Å². The number of aromatic nitrogens is 3. The van der Waals surface area contributed by atoms with E-state index in [2.05, 4.69) is 27.0 Å². The summed E-state index contributed by atoms with van der Waals surface area (Å²) in [6.07, 6.45) is 2.82. The van der Waals surface area contributed by atoms with Crippen LogP contribution < -0.4 is 10.1 Å². The average molecular weight is 406 g/mol. The number of likely N-dealkylation sites (tertiary alicyclic amines) is 1. The predicted molar refractivity (Wildman–Crippen MR) is 109 cm³/mol. The highest BCUT2D eigenvalue weighted by Crippen LogP contribution is 2.29. The van der Waals surface area contributed by atoms with Crippen LogP contribution in [0.15, 0.2) is 24.3 Å². The van der Waals surface area contributed by atoms with Crippen molar-refractivity contribution >= 4 is 18.3 Å². The summed E-state index contributed by atoms with van der Waals surface area (Å²) >= 11 is 0. The molecule has 1 saturated heterocycles. The van der Waals surface area contributed by atoms with Crippen molar-refractivity contribution in [3.05, 3.63) is 41.5 Å². The first-order chi connectivity index (χ1) is 13.3. The first-order valence-electron chi connectivity index (χ1n) is 9.91. The van der Waals surface area contributed by atoms with Crippen LogP contribution in [-0.2, 0) is 13.1 Å². The highest BCUT2D eigenvalue weighted by atomic mass is 35.5. The zero-order chi connectivity index (χ0) is 18.6. The number of amides is 1. The molecule has 28 heavy (non-hydrogen) atoms. The number of nitrogens with zero attached hydrogens (tertiary/aromatic N) is 4. The number of piperidine rings is 1. The van der Waals surface area contributed by atoms with Crippen LogP contribution in [0.5, 0.6) is 5.75 Å². The van der Waals surface area contributed by atoms with E-state index in [1.165, 1.54) is 0 Å². The van der Waals surface area contributed by atoms with E-state index in [-0.39, 0.29) is 18.3 Å². The van der Waals surface area contributed by atoms with Gasteiger partial charge in [-0.25, -0.2) is 0 Å². The zero-order valence-electron chi connectivity index (χ0n) is 16.3. The molecule has 0 bridgehead atoms. The second-order valence-corrected chi connectivity index (χ2v) is 7.25. The minimum absolute atomic E-state index is 0. The highest BCUT2D eigenvalue weighted by molar-refractivity contribution is 5.94. The third-order valence-corrected chi connectivity index (χ3v) is 5.35. The number of carbonyl (C=O) groups is 1. The maximum Gasteiger partial charge on any atom is 0.253 e. The molecule has 0 aliphatic carbocycles. The third-order valence-electron chi connectivity index (χ3n) is 5.35. The maximum atomic E-state index is 12.9. The quantitative estimate of drug-likeness (QED) is 0.827. The van der Waals surface area contributed by atoms with Crippen molar-refractivity contribution < 1.29 is 9.53 Å². The summed E-state index contributed by atoms with van der Waals surface area (Å²) in [7, 11) is 0. The number of benzene rings is 1. The topological polar surface area (TPSA) is 72.3 Å². The Morgan fingerprint density at radius 1 is 1.25 bits per heavy atom. The molecule has 0 saturated carbocycles. The Labute approximate surface area is 171 Å². The lowest BCUT2D eigenvalue weighted by molar-refractivity contribution is 0.0709. The second kappa shape index (κ2) is 9.39. The minimum atomic E-state index is 0. The van der Waals surface area contributed by atoms with Crippen LogP contribution in [0.3, 0.4) is 0 Å². The lowest BCUT2D eigenvalue weighted by Crippen LogP contribution is -2.39. The molecule has 8 heteroatoms. The van der Waals surface area contributed by atoms with Gasteiger partial charge in [-0.3, -0.25) is 4.79 Å². The molecule has 0 atom stereocenters. The maximum absolute atomic E-state index is 12.9. The van der Waals surface area contributed by atoms with Crippen LogP contribution in [0.1, 0.15) is 54.1 Å². The molecule has 2 aromatic rings. The van der Waals surface area contributed by atoms with Crippen LogP contribution in [-0.4, -0.2) is 51.8 Å². The van der Waals surface area contributed by atoms with Crippen molar-refractivity contribution in [2.24, 2.45) is 0 Å². The summed E-state index contributed by atoms with van der Waals surface area (Å²) < 4.78 is 7.92. The number of ether oxygens (including phenoxy) is 1. The van der Waals surface area contributed by atoms with Gasteiger partial charge in [-0.05, 0) is 37.5 Å². The van der Waals surface area contributed by atoms with E-state index in [0.29, 0.717) is 18.1 Å². The average Bonchev–Trinajstić information content (AvgIpc) is 3.16. The van der Waals surface area contributed by atoms with Gasteiger partial charge in [-0.2, -0.15) is 0 Å². The number of fused-ring (bicyclic) bond motifs is 1. The fourth-order valence-electron chi connectivity index (χ4n) is 3.88. The van der Waals surface area contributed by atoms with Crippen LogP contribution in [0.4, 0.5) is 0 Å². The smallest absolute Gasteiger partial charge is 0.253 e. The van der Waals surface area contributed by atoms with Gasteiger partial charge in [0, 0.05) is 37.7 Å². The molecule has 0 spiro atoms. The van der Waals surface area contributed by atoms with Gasteiger partial charge >= 0.3 is 0 Å². The summed E-state index contributed by atoms with van der Waals surface area (Å²) in [6, 6.07) is 7.52. The van der Waals surface area contributed by atoms with Crippen molar-refractivity contribution in [2.45, 2.75) is 45.2 Å². The minimum Gasteiger partial charge on any atom is -0.494 e. The molecule has 2 aliphatic rings. The van der Waals surface area contributed by atoms with Gasteiger partial charge in [0.15, 0.2) is 0 Å². The first kappa shape index (κ1) is 20.6. The van der Waals surface area contributed by atoms with Gasteiger partial charge in [0.1, 0.15) is 17.4 Å². The van der Waals surface area contributed by atoms with Gasteiger partial charge in [-0.1, -0.05) is 13.0 Å². The predicted octanol–water partition coefficient (Wildman–Crippen LogP) is 2.61. The standard InChI is InChI=1S/C20H27N5O2.ClH/c1-2-12-27-17-5-3-4-16(13-17)20(26)24-9-6-15(7-10-24)19-23-22-18-14-21-8-11-25(18)19;/h3-5,13,15,21H,2,6-12,14H2,1H3;1H. The van der Waals surface area contributed by atoms with Crippen LogP contribution in [0.2, 0.25) is 0 Å². The molecular weight excluding hydrogens is 378 g/mol. The Hall–Kier alpha value is -2.12. The number of carbonyl (C=O) groups excluding carboxylic acids is 1. The molecule has 1 aromatic carbocycles. The van der Waals surface area contributed by atoms with Crippen molar-refractivity contribution in [1.29, 1.82) is 0 Å². The van der Waals surface area contributed by atoms with E-state index in [1.807, 2.05) is 29.2 Å². The van der Waals surface area contributed by atoms with Crippen LogP contribution in [0.25, 0.3) is 0 Å². The van der Waals surface area contributed by atoms with E-state index < -0.39 is 0 Å². The number of rotatable bonds is 5. The van der Waals surface area contributed by atoms with Crippen molar-refractivity contribution in [3.8, 4) is 5.75 Å². The molecular formula is C20H28ClN5O2. The Balaban J connectivity index is 0.00000225. The Kier molecular flexibility index (Phi) is 6.91. The van der Waals surface area contributed by atoms with E-state index in [0.717, 1.165) is 69.4 Å². The molecule has 7 nitrogen and oxygen atoms in total. The lowest BCUT2D eigenvalue weighted by Gasteiger charge is -2.32. The molecule has 0 unspecified atom stereocenters. The van der Waals surface area contributed by atoms with Crippen molar-refractivity contribution in [2.75, 3.05) is 26.2 Å². The van der Waals surface area contributed by atoms with E-state index in [1.54, 1.807) is 0 Å². The van der Waals surface area contributed by atoms with E-state index in [4.69, 9.17) is 4.74 Å². The Morgan fingerprint density at radius 2 is 2.07 bits per heavy atom. The molecule has 0 radical (unpaired) electrons. The number of halogens is 1. The molecule has 152 valence electrons. The van der Waals surface area contributed by atoms with Gasteiger partial charge in [0.05, 0.1) is 13.2 Å². The zero-order valence-corrected chi connectivity index (χ0v) is 17.1. The summed E-state index contributed by atoms with van der Waals surface area (Å²) in [5, 5.41) is 12.1. The monoisotopic (exact) mass is 405 g/mol. The normalized spacial score (nSPS) is 17.0. The van der Waals surface area contributed by atoms with Crippen LogP contribution >= 0.6 is 12.4 Å². The highest BCUT2D eigenvalue weighted by Gasteiger charge is 2.29. The molecule has 3 heterocycles. The molecule has 1 N–H and O–H groups in total. The number of hydrogen-bond acceptors (Lipinski definition) is 5. The molecule has 2 aliphatic heterocycles. The SMILES string of the molecule is CCCOc1cccc(C(=O)N2CCC(c3nnc4n3CCNC4)CC2)c1.Cl. The number of hydrogen-bond donors (Lipinski definition) is 1. The Bertz CT molecular complexity index is 802. The van der Waals surface area contributed by atoms with Gasteiger partial charge in [0.2, 0.25) is 0 Å². The third kappa shape index (κ3) is 4.31. The molecule has 4 rings (SSSR count). The largest absolute Gasteiger partial charge is 0.494 e. The first-order valence-corrected chi connectivity index (χ1v) is 9.91. The summed E-state index contributed by atoms with van der Waals surface area (Å²) in [5.41, 5.74) is 0.702. The van der Waals surface area contributed by atoms with Gasteiger partial charge in [-0.15, -0.1) is 22.6 Å². The number of nitrogens with one attached hydrogen (secondary N) is 1. The fraction of sp³-hybridized carbons (Fsp3) is 0.550. The van der Waals surface area contributed by atoms with E-state index >= 15 is 0 Å². The fourth-order valence-corrected chi connectivity index (χ4v) is 3.88. The summed E-state index contributed by atoms with van der Waals surface area (Å²) in [6.45, 7) is 6.94. The van der Waals surface area contributed by atoms with Crippen molar-refractivity contribution in [1.82, 2.24) is 25.0 Å². The molecule has 1 amide bonds. The van der Waals surface area contributed by atoms with Gasteiger partial charge in [0.25, 0.3) is 5.91 Å². The summed E-state index contributed by atoms with van der Waals surface area (Å²) in [4.78, 5) is 14.8. The van der Waals surface area contributed by atoms with Crippen molar-refractivity contribution in [3.63, 3.8) is 0 Å². The molecule has 1 aromatic heterocycles. The molecule has 1 fully saturated rings. The lowest BCUT2D eigenvalue weighted by atomic mass is 9.95. The Morgan fingerprint density at radius 3 is 2.86 bits per heavy atom. The van der Waals surface area contributed by atoms with Crippen LogP contribution in [0, 0.1) is 0 Å².